The summed E-state index contributed by atoms with van der Waals surface area (Å²) < 4.78 is 77.8. The maximum Gasteiger partial charge on any atom is 0.315 e. The summed E-state index contributed by atoms with van der Waals surface area (Å²) in [7, 11) is -1.78. The van der Waals surface area contributed by atoms with E-state index in [1.54, 1.807) is 0 Å². The second-order valence-corrected chi connectivity index (χ2v) is 22.8. The lowest BCUT2D eigenvalue weighted by Gasteiger charge is -2.51. The minimum Gasteiger partial charge on any atom is -0.459 e. The van der Waals surface area contributed by atoms with E-state index in [4.69, 9.17) is 47.2 Å². The molecule has 0 aliphatic carbocycles. The Morgan fingerprint density at radius 3 is 2.30 bits per heavy atom. The highest BCUT2D eigenvalue weighted by molar-refractivity contribution is 7.59. The second kappa shape index (κ2) is 18.8. The monoisotopic (exact) mass is 876 g/mol. The van der Waals surface area contributed by atoms with Gasteiger partial charge in [-0.1, -0.05) is 54.2 Å². The summed E-state index contributed by atoms with van der Waals surface area (Å²) in [5, 5.41) is 0. The third kappa shape index (κ3) is 9.59. The molecule has 9 rings (SSSR count). The first-order valence-corrected chi connectivity index (χ1v) is 25.8. The first-order chi connectivity index (χ1) is 29.1. The molecule has 61 heavy (non-hydrogen) atoms. The van der Waals surface area contributed by atoms with Crippen LogP contribution in [0.4, 0.5) is 0 Å². The molecule has 0 radical (unpaired) electrons. The van der Waals surface area contributed by atoms with Crippen LogP contribution in [0.3, 0.4) is 0 Å². The summed E-state index contributed by atoms with van der Waals surface area (Å²) in [6.07, 6.45) is 8.32. The average Bonchev–Trinajstić information content (AvgIpc) is 3.80. The van der Waals surface area contributed by atoms with Crippen LogP contribution in [-0.4, -0.2) is 130 Å². The summed E-state index contributed by atoms with van der Waals surface area (Å²) in [5.41, 5.74) is 2.13. The number of fused-ring (bicyclic) bond motifs is 1. The van der Waals surface area contributed by atoms with Crippen LogP contribution in [0.1, 0.15) is 118 Å². The molecule has 0 aromatic rings. The Kier molecular flexibility index (Phi) is 14.2. The first kappa shape index (κ1) is 46.0. The SMILES string of the molecule is C=C1C[C@H](CC[C@@]23C[C@H]4O[C@H]5C(O2)[C@@H](C)[C@H](CCC=O)O[C@H]5C4O3)OC1CC[C@H]1C[C@@H](C)C(=C)C(C[C@@H]2OC3C[C@@H](C)[C@@H](CCC)O[C@H]3[C@H](C)[C@H]2OC(=O)CP(C)(=O)OC)O1. The minimum atomic E-state index is -3.14. The molecule has 0 saturated carbocycles. The van der Waals surface area contributed by atoms with Gasteiger partial charge in [0.2, 0.25) is 7.37 Å². The average molecular weight is 877 g/mol. The van der Waals surface area contributed by atoms with Crippen LogP contribution < -0.4 is 0 Å². The highest BCUT2D eigenvalue weighted by atomic mass is 31.2. The highest BCUT2D eigenvalue weighted by Gasteiger charge is 2.67. The first-order valence-electron chi connectivity index (χ1n) is 23.5. The molecule has 9 aliphatic heterocycles. The summed E-state index contributed by atoms with van der Waals surface area (Å²) in [4.78, 5) is 24.4. The van der Waals surface area contributed by atoms with Gasteiger partial charge < -0.3 is 52.0 Å². The number of aldehydes is 1. The zero-order valence-electron chi connectivity index (χ0n) is 37.6. The maximum atomic E-state index is 13.3. The van der Waals surface area contributed by atoms with Gasteiger partial charge in [0.05, 0.1) is 67.1 Å². The van der Waals surface area contributed by atoms with E-state index in [-0.39, 0.29) is 103 Å². The Hall–Kier alpha value is -1.51. The summed E-state index contributed by atoms with van der Waals surface area (Å²) >= 11 is 0. The fraction of sp³-hybridized carbons (Fsp3) is 0.872. The molecule has 0 aromatic carbocycles. The van der Waals surface area contributed by atoms with Crippen LogP contribution >= 0.6 is 7.37 Å². The van der Waals surface area contributed by atoms with Crippen LogP contribution in [0.5, 0.6) is 0 Å². The predicted octanol–water partition coefficient (Wildman–Crippen LogP) is 7.50. The van der Waals surface area contributed by atoms with E-state index in [1.165, 1.54) is 13.8 Å². The molecule has 0 aromatic heterocycles. The van der Waals surface area contributed by atoms with Gasteiger partial charge in [-0.3, -0.25) is 9.36 Å². The molecular weight excluding hydrogens is 803 g/mol. The van der Waals surface area contributed by atoms with Gasteiger partial charge >= 0.3 is 5.97 Å². The smallest absolute Gasteiger partial charge is 0.315 e. The van der Waals surface area contributed by atoms with Gasteiger partial charge in [-0.15, -0.1) is 0 Å². The molecule has 9 aliphatic rings. The Labute approximate surface area is 363 Å². The van der Waals surface area contributed by atoms with Crippen LogP contribution in [0.2, 0.25) is 0 Å². The number of hydrogen-bond donors (Lipinski definition) is 0. The van der Waals surface area contributed by atoms with Gasteiger partial charge in [-0.25, -0.2) is 0 Å². The van der Waals surface area contributed by atoms with Gasteiger partial charge in [0.1, 0.15) is 36.9 Å². The molecule has 9 saturated heterocycles. The van der Waals surface area contributed by atoms with Crippen LogP contribution in [0.25, 0.3) is 0 Å². The highest BCUT2D eigenvalue weighted by Crippen LogP contribution is 2.54. The van der Waals surface area contributed by atoms with Gasteiger partial charge in [0, 0.05) is 51.3 Å². The number of esters is 1. The lowest BCUT2D eigenvalue weighted by molar-refractivity contribution is -0.263. The lowest BCUT2D eigenvalue weighted by atomic mass is 9.78. The molecular formula is C47H73O13P. The van der Waals surface area contributed by atoms with Gasteiger partial charge in [0.25, 0.3) is 0 Å². The van der Waals surface area contributed by atoms with Crippen molar-refractivity contribution in [3.05, 3.63) is 24.3 Å². The molecule has 9 fully saturated rings. The van der Waals surface area contributed by atoms with Gasteiger partial charge in [-0.2, -0.15) is 0 Å². The largest absolute Gasteiger partial charge is 0.459 e. The fourth-order valence-electron chi connectivity index (χ4n) is 12.0. The van der Waals surface area contributed by atoms with E-state index in [0.717, 1.165) is 68.8 Å². The van der Waals surface area contributed by atoms with Crippen molar-refractivity contribution in [3.63, 3.8) is 0 Å². The number of carbonyl (C=O) groups excluding carboxylic acids is 2. The number of rotatable bonds is 17. The number of hydrogen-bond acceptors (Lipinski definition) is 13. The topological polar surface area (TPSA) is 144 Å². The van der Waals surface area contributed by atoms with Crippen molar-refractivity contribution in [2.45, 2.75) is 215 Å². The van der Waals surface area contributed by atoms with E-state index in [9.17, 15) is 14.2 Å². The quantitative estimate of drug-likeness (QED) is 0.0617. The Balaban J connectivity index is 0.870. The molecule has 13 nitrogen and oxygen atoms in total. The van der Waals surface area contributed by atoms with Crippen molar-refractivity contribution < 1.29 is 61.3 Å². The molecule has 0 N–H and O–H groups in total. The van der Waals surface area contributed by atoms with Gasteiger partial charge in [0.15, 0.2) is 5.79 Å². The van der Waals surface area contributed by atoms with Crippen LogP contribution in [-0.2, 0) is 61.3 Å². The molecule has 344 valence electrons. The van der Waals surface area contributed by atoms with Crippen molar-refractivity contribution in [2.75, 3.05) is 19.9 Å². The van der Waals surface area contributed by atoms with E-state index < -0.39 is 31.3 Å². The standard InChI is InChI=1S/C47H73O13P/c1-10-12-33-27(4)21-37-41(55-33)30(7)42(58-40(49)24-61(9,50)51-8)38(54-37)22-36-28(5)25(2)19-31(53-36)14-15-34-26(3)20-32(52-34)16-17-47-23-39-44(60-47)46-45(57-39)43(59-47)29(6)35(56-46)13-11-18-48/h18,25,27,29-39,41-46H,3,5,10-17,19-24H2,1-2,4,6-9H3/t25-,27-,29+,30+,31+,32+,33-,34?,35+,36?,37?,38+,39-,41+,42-,43?,44?,45+,46+,47-,61?/m1/s1. The van der Waals surface area contributed by atoms with E-state index >= 15 is 0 Å². The Morgan fingerprint density at radius 2 is 1.54 bits per heavy atom. The summed E-state index contributed by atoms with van der Waals surface area (Å²) in [5.74, 6) is -0.757. The van der Waals surface area contributed by atoms with Crippen molar-refractivity contribution >= 4 is 19.6 Å². The van der Waals surface area contributed by atoms with E-state index in [0.29, 0.717) is 38.0 Å². The molecule has 14 heteroatoms. The Morgan fingerprint density at radius 1 is 0.803 bits per heavy atom. The third-order valence-corrected chi connectivity index (χ3v) is 17.2. The third-order valence-electron chi connectivity index (χ3n) is 15.6. The molecule has 21 atom stereocenters. The van der Waals surface area contributed by atoms with E-state index in [1.807, 2.05) is 0 Å². The van der Waals surface area contributed by atoms with Crippen molar-refractivity contribution in [3.8, 4) is 0 Å². The number of carbonyl (C=O) groups is 2. The molecule has 6 bridgehead atoms. The fourth-order valence-corrected chi connectivity index (χ4v) is 12.7. The molecule has 0 spiro atoms. The van der Waals surface area contributed by atoms with Crippen molar-refractivity contribution in [1.82, 2.24) is 0 Å². The second-order valence-electron chi connectivity index (χ2n) is 20.1. The number of ether oxygens (including phenoxy) is 9. The molecule has 0 amide bonds. The summed E-state index contributed by atoms with van der Waals surface area (Å²) in [6, 6.07) is 0. The van der Waals surface area contributed by atoms with Gasteiger partial charge in [-0.05, 0) is 74.3 Å². The summed E-state index contributed by atoms with van der Waals surface area (Å²) in [6.45, 7) is 21.2. The zero-order valence-corrected chi connectivity index (χ0v) is 38.5. The van der Waals surface area contributed by atoms with Crippen LogP contribution in [0.15, 0.2) is 24.3 Å². The molecule has 9 heterocycles. The Bertz CT molecular complexity index is 1660. The zero-order chi connectivity index (χ0) is 43.4. The molecule has 6 unspecified atom stereocenters. The van der Waals surface area contributed by atoms with Crippen LogP contribution in [0, 0.1) is 23.7 Å². The lowest BCUT2D eigenvalue weighted by Crippen LogP contribution is -2.60. The maximum absolute atomic E-state index is 13.3. The van der Waals surface area contributed by atoms with Crippen molar-refractivity contribution in [2.24, 2.45) is 23.7 Å². The normalized spacial score (nSPS) is 47.5. The van der Waals surface area contributed by atoms with Crippen molar-refractivity contribution in [1.29, 1.82) is 0 Å². The predicted molar refractivity (Wildman–Crippen MR) is 226 cm³/mol. The van der Waals surface area contributed by atoms with E-state index in [2.05, 4.69) is 47.8 Å². The minimum absolute atomic E-state index is 0.0104.